The topological polar surface area (TPSA) is 35.5 Å². The molecule has 0 rings (SSSR count). The van der Waals surface area contributed by atoms with Gasteiger partial charge in [0.25, 0.3) is 0 Å². The standard InChI is InChI=1S/C10H23O3P/c1-5-7-9(3)12-14(11)13-10(4)8-6-2/h9-10,14H,5-8H2,1-4H3. The zero-order valence-electron chi connectivity index (χ0n) is 9.71. The molecule has 86 valence electrons. The van der Waals surface area contributed by atoms with Crippen molar-refractivity contribution >= 4 is 8.25 Å². The Morgan fingerprint density at radius 2 is 1.36 bits per heavy atom. The van der Waals surface area contributed by atoms with E-state index in [2.05, 4.69) is 13.8 Å². The van der Waals surface area contributed by atoms with E-state index in [1.54, 1.807) is 0 Å². The van der Waals surface area contributed by atoms with E-state index in [1.165, 1.54) is 0 Å². The van der Waals surface area contributed by atoms with Crippen molar-refractivity contribution in [2.24, 2.45) is 0 Å². The lowest BCUT2D eigenvalue weighted by Gasteiger charge is -2.15. The van der Waals surface area contributed by atoms with Gasteiger partial charge in [-0.1, -0.05) is 26.7 Å². The lowest BCUT2D eigenvalue weighted by atomic mass is 10.2. The molecule has 0 fully saturated rings. The van der Waals surface area contributed by atoms with Gasteiger partial charge < -0.3 is 9.05 Å². The predicted octanol–water partition coefficient (Wildman–Crippen LogP) is 3.79. The zero-order chi connectivity index (χ0) is 11.0. The summed E-state index contributed by atoms with van der Waals surface area (Å²) >= 11 is 0. The van der Waals surface area contributed by atoms with Crippen LogP contribution in [0.15, 0.2) is 0 Å². The average molecular weight is 222 g/mol. The summed E-state index contributed by atoms with van der Waals surface area (Å²) in [6.07, 6.45) is 4.03. The quantitative estimate of drug-likeness (QED) is 0.586. The molecular formula is C10H23O3P. The van der Waals surface area contributed by atoms with E-state index in [4.69, 9.17) is 9.05 Å². The molecule has 3 nitrogen and oxygen atoms in total. The van der Waals surface area contributed by atoms with Crippen LogP contribution in [0.25, 0.3) is 0 Å². The van der Waals surface area contributed by atoms with Crippen molar-refractivity contribution in [3.8, 4) is 0 Å². The highest BCUT2D eigenvalue weighted by atomic mass is 31.1. The molecule has 0 spiro atoms. The van der Waals surface area contributed by atoms with Crippen LogP contribution in [0, 0.1) is 0 Å². The maximum absolute atomic E-state index is 11.4. The Morgan fingerprint density at radius 1 is 1.00 bits per heavy atom. The fourth-order valence-electron chi connectivity index (χ4n) is 1.29. The third kappa shape index (κ3) is 7.54. The SMILES string of the molecule is CCCC(C)O[PH](=O)OC(C)CCC. The molecular weight excluding hydrogens is 199 g/mol. The van der Waals surface area contributed by atoms with E-state index in [1.807, 2.05) is 13.8 Å². The summed E-state index contributed by atoms with van der Waals surface area (Å²) < 4.78 is 21.8. The molecule has 0 aliphatic heterocycles. The van der Waals surface area contributed by atoms with Crippen LogP contribution < -0.4 is 0 Å². The van der Waals surface area contributed by atoms with Crippen molar-refractivity contribution in [1.82, 2.24) is 0 Å². The van der Waals surface area contributed by atoms with Crippen LogP contribution in [-0.4, -0.2) is 12.2 Å². The Morgan fingerprint density at radius 3 is 1.64 bits per heavy atom. The van der Waals surface area contributed by atoms with Gasteiger partial charge in [-0.25, -0.2) is 0 Å². The van der Waals surface area contributed by atoms with Crippen molar-refractivity contribution in [3.05, 3.63) is 0 Å². The maximum Gasteiger partial charge on any atom is 0.319 e. The highest BCUT2D eigenvalue weighted by molar-refractivity contribution is 7.33. The summed E-state index contributed by atoms with van der Waals surface area (Å²) in [6.45, 7) is 8.02. The molecule has 0 radical (unpaired) electrons. The molecule has 0 amide bonds. The van der Waals surface area contributed by atoms with Gasteiger partial charge in [-0.3, -0.25) is 4.57 Å². The number of hydrogen-bond acceptors (Lipinski definition) is 3. The van der Waals surface area contributed by atoms with Crippen LogP contribution in [0.3, 0.4) is 0 Å². The van der Waals surface area contributed by atoms with E-state index >= 15 is 0 Å². The monoisotopic (exact) mass is 222 g/mol. The van der Waals surface area contributed by atoms with E-state index in [9.17, 15) is 4.57 Å². The highest BCUT2D eigenvalue weighted by Gasteiger charge is 2.10. The van der Waals surface area contributed by atoms with Crippen LogP contribution in [0.2, 0.25) is 0 Å². The van der Waals surface area contributed by atoms with Crippen molar-refractivity contribution in [1.29, 1.82) is 0 Å². The molecule has 0 aromatic carbocycles. The molecule has 2 unspecified atom stereocenters. The van der Waals surface area contributed by atoms with Gasteiger partial charge in [-0.2, -0.15) is 0 Å². The minimum absolute atomic E-state index is 0.0419. The fraction of sp³-hybridized carbons (Fsp3) is 1.00. The smallest absolute Gasteiger partial charge is 0.308 e. The largest absolute Gasteiger partial charge is 0.319 e. The minimum atomic E-state index is -2.28. The Balaban J connectivity index is 3.63. The molecule has 0 N–H and O–H groups in total. The highest BCUT2D eigenvalue weighted by Crippen LogP contribution is 2.30. The summed E-state index contributed by atoms with van der Waals surface area (Å²) in [7, 11) is -2.28. The average Bonchev–Trinajstić information content (AvgIpc) is 2.03. The second-order valence-corrected chi connectivity index (χ2v) is 4.66. The second kappa shape index (κ2) is 8.46. The molecule has 0 aromatic heterocycles. The molecule has 4 heteroatoms. The van der Waals surface area contributed by atoms with Gasteiger partial charge in [0.1, 0.15) is 0 Å². The first-order chi connectivity index (χ1) is 6.60. The van der Waals surface area contributed by atoms with Crippen molar-refractivity contribution in [2.45, 2.75) is 65.6 Å². The van der Waals surface area contributed by atoms with E-state index in [-0.39, 0.29) is 12.2 Å². The molecule has 0 aliphatic carbocycles. The van der Waals surface area contributed by atoms with Crippen LogP contribution >= 0.6 is 8.25 Å². The zero-order valence-corrected chi connectivity index (χ0v) is 10.7. The van der Waals surface area contributed by atoms with Gasteiger partial charge in [0.05, 0.1) is 12.2 Å². The predicted molar refractivity (Wildman–Crippen MR) is 59.9 cm³/mol. The Kier molecular flexibility index (Phi) is 8.55. The third-order valence-corrected chi connectivity index (χ3v) is 3.17. The van der Waals surface area contributed by atoms with E-state index < -0.39 is 8.25 Å². The fourth-order valence-corrected chi connectivity index (χ4v) is 2.24. The first-order valence-corrected chi connectivity index (χ1v) is 6.69. The molecule has 0 bridgehead atoms. The van der Waals surface area contributed by atoms with Crippen molar-refractivity contribution in [3.63, 3.8) is 0 Å². The normalized spacial score (nSPS) is 17.7. The van der Waals surface area contributed by atoms with Crippen molar-refractivity contribution < 1.29 is 13.6 Å². The second-order valence-electron chi connectivity index (χ2n) is 3.68. The van der Waals surface area contributed by atoms with Crippen LogP contribution in [0.1, 0.15) is 53.4 Å². The first-order valence-electron chi connectivity index (χ1n) is 5.47. The van der Waals surface area contributed by atoms with Crippen molar-refractivity contribution in [2.75, 3.05) is 0 Å². The van der Waals surface area contributed by atoms with Gasteiger partial charge in [-0.05, 0) is 26.7 Å². The molecule has 0 aromatic rings. The minimum Gasteiger partial charge on any atom is -0.308 e. The number of rotatable bonds is 8. The maximum atomic E-state index is 11.4. The summed E-state index contributed by atoms with van der Waals surface area (Å²) in [5.41, 5.74) is 0. The lowest BCUT2D eigenvalue weighted by Crippen LogP contribution is -2.07. The van der Waals surface area contributed by atoms with Gasteiger partial charge in [0.2, 0.25) is 0 Å². The van der Waals surface area contributed by atoms with Gasteiger partial charge in [-0.15, -0.1) is 0 Å². The van der Waals surface area contributed by atoms with Gasteiger partial charge >= 0.3 is 8.25 Å². The van der Waals surface area contributed by atoms with Crippen LogP contribution in [-0.2, 0) is 13.6 Å². The molecule has 2 atom stereocenters. The van der Waals surface area contributed by atoms with Gasteiger partial charge in [0, 0.05) is 0 Å². The molecule has 0 aliphatic rings. The molecule has 0 saturated heterocycles. The number of hydrogen-bond donors (Lipinski definition) is 0. The van der Waals surface area contributed by atoms with Gasteiger partial charge in [0.15, 0.2) is 0 Å². The Labute approximate surface area is 88.1 Å². The Hall–Kier alpha value is 0.150. The summed E-state index contributed by atoms with van der Waals surface area (Å²) in [4.78, 5) is 0. The lowest BCUT2D eigenvalue weighted by molar-refractivity contribution is 0.135. The first kappa shape index (κ1) is 14.2. The third-order valence-electron chi connectivity index (χ3n) is 1.99. The van der Waals surface area contributed by atoms with E-state index in [0.29, 0.717) is 0 Å². The summed E-state index contributed by atoms with van der Waals surface area (Å²) in [6, 6.07) is 0. The molecule has 0 heterocycles. The molecule has 0 saturated carbocycles. The Bertz CT molecular complexity index is 145. The van der Waals surface area contributed by atoms with E-state index in [0.717, 1.165) is 25.7 Å². The van der Waals surface area contributed by atoms with Crippen LogP contribution in [0.4, 0.5) is 0 Å². The summed E-state index contributed by atoms with van der Waals surface area (Å²) in [5, 5.41) is 0. The van der Waals surface area contributed by atoms with Crippen LogP contribution in [0.5, 0.6) is 0 Å². The molecule has 14 heavy (non-hydrogen) atoms. The summed E-state index contributed by atoms with van der Waals surface area (Å²) in [5.74, 6) is 0.